The third-order valence-corrected chi connectivity index (χ3v) is 3.48. The van der Waals surface area contributed by atoms with Crippen molar-refractivity contribution in [1.82, 2.24) is 0 Å². The van der Waals surface area contributed by atoms with Gasteiger partial charge in [-0.05, 0) is 55.0 Å². The highest BCUT2D eigenvalue weighted by Gasteiger charge is 2.11. The Morgan fingerprint density at radius 1 is 1.11 bits per heavy atom. The molecule has 0 bridgehead atoms. The Balaban J connectivity index is 2.04. The Hall–Kier alpha value is -3.42. The number of alkyl halides is 2. The van der Waals surface area contributed by atoms with Crippen molar-refractivity contribution in [2.75, 3.05) is 19.0 Å². The standard InChI is InChI=1S/C20H19F2NO5/c1-3-27-17-12-13(4-10-16(17)28-20(21)22)5-11-18(24)23-15-8-6-14(7-9-15)19(25)26-2/h4-12,20H,3H2,1-2H3,(H,23,24)/b11-5+. The van der Waals surface area contributed by atoms with Gasteiger partial charge in [-0.1, -0.05) is 6.07 Å². The number of nitrogens with one attached hydrogen (secondary N) is 1. The number of anilines is 1. The van der Waals surface area contributed by atoms with Crippen LogP contribution >= 0.6 is 0 Å². The van der Waals surface area contributed by atoms with Crippen molar-refractivity contribution in [2.45, 2.75) is 13.5 Å². The van der Waals surface area contributed by atoms with Gasteiger partial charge in [-0.15, -0.1) is 0 Å². The summed E-state index contributed by atoms with van der Waals surface area (Å²) in [5.41, 5.74) is 1.44. The summed E-state index contributed by atoms with van der Waals surface area (Å²) < 4.78 is 39.1. The number of esters is 1. The third-order valence-electron chi connectivity index (χ3n) is 3.48. The van der Waals surface area contributed by atoms with Gasteiger partial charge in [0, 0.05) is 11.8 Å². The van der Waals surface area contributed by atoms with E-state index in [0.29, 0.717) is 16.8 Å². The highest BCUT2D eigenvalue weighted by molar-refractivity contribution is 6.02. The molecule has 0 atom stereocenters. The van der Waals surface area contributed by atoms with Crippen molar-refractivity contribution in [1.29, 1.82) is 0 Å². The first kappa shape index (κ1) is 20.9. The van der Waals surface area contributed by atoms with E-state index < -0.39 is 18.5 Å². The predicted octanol–water partition coefficient (Wildman–Crippen LogP) is 4.13. The summed E-state index contributed by atoms with van der Waals surface area (Å²) in [4.78, 5) is 23.4. The van der Waals surface area contributed by atoms with Gasteiger partial charge in [0.25, 0.3) is 0 Å². The van der Waals surface area contributed by atoms with Gasteiger partial charge in [0.2, 0.25) is 5.91 Å². The summed E-state index contributed by atoms with van der Waals surface area (Å²) in [6, 6.07) is 10.6. The van der Waals surface area contributed by atoms with Crippen LogP contribution in [-0.2, 0) is 9.53 Å². The van der Waals surface area contributed by atoms with E-state index in [1.54, 1.807) is 19.1 Å². The first-order chi connectivity index (χ1) is 13.4. The van der Waals surface area contributed by atoms with E-state index in [2.05, 4.69) is 14.8 Å². The van der Waals surface area contributed by atoms with E-state index in [4.69, 9.17) is 4.74 Å². The maximum absolute atomic E-state index is 12.4. The lowest BCUT2D eigenvalue weighted by atomic mass is 10.2. The van der Waals surface area contributed by atoms with Crippen molar-refractivity contribution in [2.24, 2.45) is 0 Å². The maximum atomic E-state index is 12.4. The number of hydrogen-bond acceptors (Lipinski definition) is 5. The zero-order valence-corrected chi connectivity index (χ0v) is 15.3. The number of halogens is 2. The van der Waals surface area contributed by atoms with Gasteiger partial charge in [0.15, 0.2) is 11.5 Å². The van der Waals surface area contributed by atoms with Gasteiger partial charge in [0.05, 0.1) is 19.3 Å². The smallest absolute Gasteiger partial charge is 0.387 e. The lowest BCUT2D eigenvalue weighted by Crippen LogP contribution is -2.08. The maximum Gasteiger partial charge on any atom is 0.387 e. The number of hydrogen-bond donors (Lipinski definition) is 1. The van der Waals surface area contributed by atoms with Crippen LogP contribution in [0.5, 0.6) is 11.5 Å². The zero-order valence-electron chi connectivity index (χ0n) is 15.3. The second-order valence-electron chi connectivity index (χ2n) is 5.41. The van der Waals surface area contributed by atoms with E-state index in [9.17, 15) is 18.4 Å². The molecular weight excluding hydrogens is 372 g/mol. The van der Waals surface area contributed by atoms with Crippen molar-refractivity contribution in [3.8, 4) is 11.5 Å². The van der Waals surface area contributed by atoms with Crippen LogP contribution in [0.1, 0.15) is 22.8 Å². The molecule has 0 aliphatic rings. The molecule has 2 aromatic carbocycles. The topological polar surface area (TPSA) is 73.9 Å². The lowest BCUT2D eigenvalue weighted by Gasteiger charge is -2.11. The average Bonchev–Trinajstić information content (AvgIpc) is 2.68. The summed E-state index contributed by atoms with van der Waals surface area (Å²) in [5, 5.41) is 2.64. The van der Waals surface area contributed by atoms with Gasteiger partial charge < -0.3 is 19.5 Å². The fourth-order valence-corrected chi connectivity index (χ4v) is 2.25. The van der Waals surface area contributed by atoms with Gasteiger partial charge in [-0.2, -0.15) is 8.78 Å². The van der Waals surface area contributed by atoms with Crippen molar-refractivity contribution in [3.05, 3.63) is 59.7 Å². The van der Waals surface area contributed by atoms with Gasteiger partial charge in [-0.25, -0.2) is 4.79 Å². The summed E-state index contributed by atoms with van der Waals surface area (Å²) in [6.07, 6.45) is 2.79. The zero-order chi connectivity index (χ0) is 20.5. The SMILES string of the molecule is CCOc1cc(/C=C/C(=O)Nc2ccc(C(=O)OC)cc2)ccc1OC(F)F. The molecule has 8 heteroatoms. The molecule has 1 N–H and O–H groups in total. The molecule has 0 aliphatic heterocycles. The largest absolute Gasteiger partial charge is 0.490 e. The number of carbonyl (C=O) groups excluding carboxylic acids is 2. The van der Waals surface area contributed by atoms with Crippen LogP contribution < -0.4 is 14.8 Å². The Kier molecular flexibility index (Phi) is 7.50. The normalized spacial score (nSPS) is 10.8. The molecule has 0 heterocycles. The molecule has 2 aromatic rings. The quantitative estimate of drug-likeness (QED) is 0.541. The molecule has 0 fully saturated rings. The molecule has 0 radical (unpaired) electrons. The number of methoxy groups -OCH3 is 1. The van der Waals surface area contributed by atoms with Crippen LogP contribution in [0.2, 0.25) is 0 Å². The van der Waals surface area contributed by atoms with Gasteiger partial charge in [-0.3, -0.25) is 4.79 Å². The van der Waals surface area contributed by atoms with E-state index in [0.717, 1.165) is 0 Å². The predicted molar refractivity (Wildman–Crippen MR) is 99.7 cm³/mol. The summed E-state index contributed by atoms with van der Waals surface area (Å²) in [5.74, 6) is -0.799. The lowest BCUT2D eigenvalue weighted by molar-refractivity contribution is -0.111. The van der Waals surface area contributed by atoms with Crippen LogP contribution in [0.25, 0.3) is 6.08 Å². The van der Waals surface area contributed by atoms with Crippen LogP contribution in [0.3, 0.4) is 0 Å². The van der Waals surface area contributed by atoms with E-state index in [1.165, 1.54) is 49.6 Å². The Morgan fingerprint density at radius 3 is 2.43 bits per heavy atom. The van der Waals surface area contributed by atoms with Crippen LogP contribution in [-0.4, -0.2) is 32.2 Å². The Bertz CT molecular complexity index is 850. The van der Waals surface area contributed by atoms with Crippen LogP contribution in [0, 0.1) is 0 Å². The van der Waals surface area contributed by atoms with Crippen molar-refractivity contribution < 1.29 is 32.6 Å². The molecule has 0 aromatic heterocycles. The minimum atomic E-state index is -2.96. The molecule has 6 nitrogen and oxygen atoms in total. The van der Waals surface area contributed by atoms with E-state index in [1.807, 2.05) is 0 Å². The van der Waals surface area contributed by atoms with Gasteiger partial charge >= 0.3 is 12.6 Å². The monoisotopic (exact) mass is 391 g/mol. The number of carbonyl (C=O) groups is 2. The summed E-state index contributed by atoms with van der Waals surface area (Å²) in [6.45, 7) is -0.973. The number of amides is 1. The minimum absolute atomic E-state index is 0.0795. The number of benzene rings is 2. The molecule has 0 saturated carbocycles. The van der Waals surface area contributed by atoms with E-state index >= 15 is 0 Å². The Labute approximate surface area is 160 Å². The highest BCUT2D eigenvalue weighted by Crippen LogP contribution is 2.30. The third kappa shape index (κ3) is 6.08. The second kappa shape index (κ2) is 10.1. The molecule has 0 spiro atoms. The fourth-order valence-electron chi connectivity index (χ4n) is 2.25. The molecule has 0 saturated heterocycles. The molecular formula is C20H19F2NO5. The molecule has 1 amide bonds. The molecule has 0 aliphatic carbocycles. The molecule has 2 rings (SSSR count). The summed E-state index contributed by atoms with van der Waals surface area (Å²) >= 11 is 0. The van der Waals surface area contributed by atoms with E-state index in [-0.39, 0.29) is 18.1 Å². The average molecular weight is 391 g/mol. The van der Waals surface area contributed by atoms with Crippen LogP contribution in [0.4, 0.5) is 14.5 Å². The molecule has 148 valence electrons. The van der Waals surface area contributed by atoms with Crippen molar-refractivity contribution in [3.63, 3.8) is 0 Å². The Morgan fingerprint density at radius 2 is 1.82 bits per heavy atom. The summed E-state index contributed by atoms with van der Waals surface area (Å²) in [7, 11) is 1.28. The molecule has 28 heavy (non-hydrogen) atoms. The first-order valence-corrected chi connectivity index (χ1v) is 8.32. The number of ether oxygens (including phenoxy) is 3. The minimum Gasteiger partial charge on any atom is -0.490 e. The first-order valence-electron chi connectivity index (χ1n) is 8.32. The second-order valence-corrected chi connectivity index (χ2v) is 5.41. The fraction of sp³-hybridized carbons (Fsp3) is 0.200. The van der Waals surface area contributed by atoms with Gasteiger partial charge in [0.1, 0.15) is 0 Å². The number of rotatable bonds is 8. The molecule has 0 unspecified atom stereocenters. The highest BCUT2D eigenvalue weighted by atomic mass is 19.3. The van der Waals surface area contributed by atoms with Crippen LogP contribution in [0.15, 0.2) is 48.5 Å². The van der Waals surface area contributed by atoms with Crippen molar-refractivity contribution >= 4 is 23.6 Å².